The summed E-state index contributed by atoms with van der Waals surface area (Å²) in [6.07, 6.45) is 3.68. The van der Waals surface area contributed by atoms with E-state index in [2.05, 4.69) is 17.2 Å². The number of carbonyl (C=O) groups is 4. The Morgan fingerprint density at radius 1 is 0.815 bits per heavy atom. The number of morpholine rings is 1. The number of amides is 3. The number of carbonyl (C=O) groups excluding carboxylic acids is 3. The highest BCUT2D eigenvalue weighted by Gasteiger charge is 2.76. The molecule has 7 atom stereocenters. The minimum absolute atomic E-state index is 0.0396. The van der Waals surface area contributed by atoms with Crippen LogP contribution in [0.2, 0.25) is 0 Å². The van der Waals surface area contributed by atoms with Gasteiger partial charge in [0, 0.05) is 5.56 Å². The number of hydrogen-bond donors (Lipinski definition) is 4. The average molecular weight is 874 g/mol. The number of esters is 1. The monoisotopic (exact) mass is 873 g/mol. The Morgan fingerprint density at radius 2 is 1.46 bits per heavy atom. The van der Waals surface area contributed by atoms with Gasteiger partial charge in [-0.05, 0) is 90.8 Å². The largest absolute Gasteiger partial charge is 0.491 e. The van der Waals surface area contributed by atoms with E-state index < -0.39 is 71.1 Å². The zero-order valence-electron chi connectivity index (χ0n) is 36.0. The molecule has 0 radical (unpaired) electrons. The lowest BCUT2D eigenvalue weighted by molar-refractivity contribution is -0.179. The fourth-order valence-electron chi connectivity index (χ4n) is 10.6. The number of urea groups is 1. The number of nitrogens with zero attached hydrogens (tertiary/aromatic N) is 2. The van der Waals surface area contributed by atoms with Crippen molar-refractivity contribution in [2.45, 2.75) is 86.7 Å². The maximum atomic E-state index is 16.2. The average Bonchev–Trinajstić information content (AvgIpc) is 3.67. The summed E-state index contributed by atoms with van der Waals surface area (Å²) in [6.45, 7) is 1.48. The van der Waals surface area contributed by atoms with Crippen LogP contribution in [0.15, 0.2) is 133 Å². The summed E-state index contributed by atoms with van der Waals surface area (Å²) in [5.74, 6) is 1.69. The number of aliphatic hydroxyl groups excluding tert-OH is 1. The Balaban J connectivity index is 1.32. The molecular weight excluding hydrogens is 823 g/mol. The van der Waals surface area contributed by atoms with E-state index in [0.717, 1.165) is 36.1 Å². The predicted molar refractivity (Wildman–Crippen MR) is 241 cm³/mol. The molecule has 1 aliphatic carbocycles. The number of hydrogen-bond acceptors (Lipinski definition) is 9. The van der Waals surface area contributed by atoms with Gasteiger partial charge in [-0.15, -0.1) is 0 Å². The number of benzene rings is 5. The number of anilines is 1. The lowest BCUT2D eigenvalue weighted by Gasteiger charge is -2.46. The first-order chi connectivity index (χ1) is 31.6. The number of carboxylic acids is 1. The van der Waals surface area contributed by atoms with Crippen LogP contribution in [0.1, 0.15) is 103 Å². The highest BCUT2D eigenvalue weighted by atomic mass is 16.6. The molecule has 3 amide bonds. The van der Waals surface area contributed by atoms with Crippen LogP contribution in [0.25, 0.3) is 0 Å². The molecule has 4 N–H and O–H groups in total. The molecule has 3 fully saturated rings. The second kappa shape index (κ2) is 18.0. The van der Waals surface area contributed by atoms with E-state index in [1.54, 1.807) is 49.4 Å². The zero-order chi connectivity index (χ0) is 45.3. The van der Waals surface area contributed by atoms with E-state index in [9.17, 15) is 29.7 Å². The second-order valence-electron chi connectivity index (χ2n) is 17.4. The third kappa shape index (κ3) is 7.84. The molecule has 4 aliphatic rings. The molecule has 65 heavy (non-hydrogen) atoms. The van der Waals surface area contributed by atoms with Crippen LogP contribution in [-0.4, -0.2) is 69.0 Å². The number of cyclic esters (lactones) is 1. The van der Waals surface area contributed by atoms with Crippen LogP contribution >= 0.6 is 0 Å². The third-order valence-electron chi connectivity index (χ3n) is 13.5. The van der Waals surface area contributed by atoms with Crippen LogP contribution in [0, 0.1) is 17.8 Å². The molecule has 0 aromatic heterocycles. The quantitative estimate of drug-likeness (QED) is 0.0655. The number of nitrogens with one attached hydrogen (secondary N) is 1. The molecule has 1 saturated carbocycles. The normalized spacial score (nSPS) is 25.0. The van der Waals surface area contributed by atoms with E-state index in [4.69, 9.17) is 9.47 Å². The summed E-state index contributed by atoms with van der Waals surface area (Å²) in [4.78, 5) is 63.3. The van der Waals surface area contributed by atoms with Gasteiger partial charge >= 0.3 is 18.0 Å². The van der Waals surface area contributed by atoms with E-state index >= 15 is 4.79 Å². The maximum absolute atomic E-state index is 16.2. The lowest BCUT2D eigenvalue weighted by Crippen LogP contribution is -2.54. The summed E-state index contributed by atoms with van der Waals surface area (Å²) < 4.78 is 12.3. The van der Waals surface area contributed by atoms with Crippen LogP contribution in [0.3, 0.4) is 0 Å². The summed E-state index contributed by atoms with van der Waals surface area (Å²) >= 11 is 0. The van der Waals surface area contributed by atoms with Gasteiger partial charge in [-0.25, -0.2) is 9.69 Å². The summed E-state index contributed by atoms with van der Waals surface area (Å²) in [7, 11) is 0. The van der Waals surface area contributed by atoms with Crippen molar-refractivity contribution in [3.05, 3.63) is 167 Å². The number of carboxylic acid groups (broad SMARTS) is 1. The fourth-order valence-corrected chi connectivity index (χ4v) is 10.6. The molecule has 0 unspecified atom stereocenters. The first-order valence-corrected chi connectivity index (χ1v) is 22.3. The van der Waals surface area contributed by atoms with Gasteiger partial charge < -0.3 is 30.1 Å². The number of aliphatic hydroxyl groups is 2. The van der Waals surface area contributed by atoms with E-state index in [1.807, 2.05) is 95.9 Å². The second-order valence-corrected chi connectivity index (χ2v) is 17.4. The smallest absolute Gasteiger partial charge is 0.329 e. The molecule has 12 nitrogen and oxygen atoms in total. The number of rotatable bonds is 9. The SMILES string of the molecule is C[C@@H](NC(=O)N1C(=O)[C@@]2(c3cc(C#CC4(O)CCCCCC4)ccc31)[C@H](c1cccc(OCCO)c1)N1[C@H](c3ccccc3)[C@H](c3ccccc3)OC(=O)[C@H]1[C@@H]2C(=O)O)c1ccccc1. The van der Waals surface area contributed by atoms with Crippen molar-refractivity contribution >= 4 is 29.6 Å². The van der Waals surface area contributed by atoms with Crippen molar-refractivity contribution in [1.82, 2.24) is 10.2 Å². The van der Waals surface area contributed by atoms with Crippen LogP contribution in [-0.2, 0) is 24.5 Å². The molecule has 1 spiro atoms. The Kier molecular flexibility index (Phi) is 12.0. The predicted octanol–water partition coefficient (Wildman–Crippen LogP) is 7.72. The van der Waals surface area contributed by atoms with Gasteiger partial charge in [0.1, 0.15) is 41.4 Å². The Labute approximate surface area is 377 Å². The first-order valence-electron chi connectivity index (χ1n) is 22.3. The Bertz CT molecular complexity index is 2640. The molecule has 2 saturated heterocycles. The molecule has 0 bridgehead atoms. The third-order valence-corrected chi connectivity index (χ3v) is 13.5. The van der Waals surface area contributed by atoms with Gasteiger partial charge in [0.05, 0.1) is 30.4 Å². The van der Waals surface area contributed by atoms with Gasteiger partial charge in [-0.3, -0.25) is 19.3 Å². The molecule has 12 heteroatoms. The number of ether oxygens (including phenoxy) is 2. The minimum Gasteiger partial charge on any atom is -0.491 e. The number of aliphatic carboxylic acids is 1. The van der Waals surface area contributed by atoms with E-state index in [0.29, 0.717) is 40.8 Å². The molecule has 9 rings (SSSR count). The summed E-state index contributed by atoms with van der Waals surface area (Å²) in [5, 5.41) is 36.0. The lowest BCUT2D eigenvalue weighted by atomic mass is 9.65. The molecule has 5 aromatic rings. The Hall–Kier alpha value is -6.78. The van der Waals surface area contributed by atoms with Crippen LogP contribution < -0.4 is 15.0 Å². The molecule has 332 valence electrons. The van der Waals surface area contributed by atoms with Crippen molar-refractivity contribution in [3.63, 3.8) is 0 Å². The molecule has 3 heterocycles. The van der Waals surface area contributed by atoms with E-state index in [1.165, 1.54) is 0 Å². The molecule has 3 aliphatic heterocycles. The highest BCUT2D eigenvalue weighted by molar-refractivity contribution is 6.24. The fraction of sp³-hybridized carbons (Fsp3) is 0.321. The standard InChI is InChI=1S/C53H51N3O9/c1-34(36-16-7-4-8-17-36)54-51(62)55-42-25-24-35(26-29-52(63)27-13-2-3-14-28-52)32-41(42)53(50(55)61)43(48(58)59)45-49(60)65-46(38-20-11-6-12-21-38)44(37-18-9-5-10-19-37)56(45)47(53)39-22-15-23-40(33-39)64-31-30-57/h4-12,15-25,32-34,43-47,57,63H,2-3,13-14,27-28,30-31H2,1H3,(H,54,62)(H,58,59)/t34-,43-,44-,45-,46+,47+,53-/m1/s1. The van der Waals surface area contributed by atoms with Gasteiger partial charge in [0.15, 0.2) is 0 Å². The van der Waals surface area contributed by atoms with Crippen molar-refractivity contribution in [2.75, 3.05) is 18.1 Å². The van der Waals surface area contributed by atoms with Gasteiger partial charge in [0.2, 0.25) is 5.91 Å². The van der Waals surface area contributed by atoms with Gasteiger partial charge in [-0.2, -0.15) is 0 Å². The van der Waals surface area contributed by atoms with E-state index in [-0.39, 0.29) is 24.5 Å². The number of imide groups is 1. The van der Waals surface area contributed by atoms with Crippen LogP contribution in [0.4, 0.5) is 10.5 Å². The van der Waals surface area contributed by atoms with Crippen molar-refractivity contribution in [3.8, 4) is 17.6 Å². The molecular formula is C53H51N3O9. The first kappa shape index (κ1) is 43.5. The molecule has 5 aromatic carbocycles. The zero-order valence-corrected chi connectivity index (χ0v) is 36.0. The minimum atomic E-state index is -2.18. The van der Waals surface area contributed by atoms with Crippen molar-refractivity contribution in [1.29, 1.82) is 0 Å². The number of fused-ring (bicyclic) bond motifs is 3. The van der Waals surface area contributed by atoms with Crippen molar-refractivity contribution in [2.24, 2.45) is 5.92 Å². The van der Waals surface area contributed by atoms with Crippen LogP contribution in [0.5, 0.6) is 5.75 Å². The van der Waals surface area contributed by atoms with Crippen molar-refractivity contribution < 1.29 is 44.0 Å². The highest BCUT2D eigenvalue weighted by Crippen LogP contribution is 2.66. The Morgan fingerprint density at radius 3 is 2.12 bits per heavy atom. The topological polar surface area (TPSA) is 166 Å². The summed E-state index contributed by atoms with van der Waals surface area (Å²) in [6, 6.07) is 34.6. The maximum Gasteiger partial charge on any atom is 0.329 e. The van der Waals surface area contributed by atoms with Gasteiger partial charge in [0.25, 0.3) is 0 Å². The van der Waals surface area contributed by atoms with Gasteiger partial charge in [-0.1, -0.05) is 128 Å². The summed E-state index contributed by atoms with van der Waals surface area (Å²) in [5.41, 5.74) is -0.128.